The predicted octanol–water partition coefficient (Wildman–Crippen LogP) is 1.82. The number of nitrogens with zero attached hydrogens (tertiary/aromatic N) is 1. The third kappa shape index (κ3) is 6.24. The molecule has 1 heterocycles. The van der Waals surface area contributed by atoms with Crippen LogP contribution in [0.2, 0.25) is 0 Å². The first-order valence-corrected chi connectivity index (χ1v) is 4.93. The Balaban J connectivity index is 2.49. The molecule has 0 bridgehead atoms. The molecule has 1 aromatic rings. The highest BCUT2D eigenvalue weighted by Gasteiger charge is 2.29. The van der Waals surface area contributed by atoms with Crippen LogP contribution in [0.3, 0.4) is 0 Å². The van der Waals surface area contributed by atoms with Crippen LogP contribution >= 0.6 is 0 Å². The number of pyridine rings is 1. The molecule has 19 heavy (non-hydrogen) atoms. The molecule has 6 nitrogen and oxygen atoms in total. The van der Waals surface area contributed by atoms with Gasteiger partial charge in [0, 0.05) is 0 Å². The number of amides is 1. The van der Waals surface area contributed by atoms with Crippen LogP contribution in [0.5, 0.6) is 0 Å². The van der Waals surface area contributed by atoms with Gasteiger partial charge in [-0.25, -0.2) is 4.79 Å². The fraction of sp³-hybridized carbons (Fsp3) is 0.300. The molecule has 0 aliphatic carbocycles. The van der Waals surface area contributed by atoms with Gasteiger partial charge in [0.2, 0.25) is 0 Å². The molecular weight excluding hydrogens is 269 g/mol. The molecule has 1 rings (SSSR count). The summed E-state index contributed by atoms with van der Waals surface area (Å²) in [5.41, 5.74) is 0.350. The number of carboxylic acid groups (broad SMARTS) is 1. The number of carboxylic acids is 1. The lowest BCUT2D eigenvalue weighted by Crippen LogP contribution is -2.23. The SMILES string of the molecule is O=C(O)Cc1ccc(NC(=O)OCC(F)(F)F)cn1. The fourth-order valence-electron chi connectivity index (χ4n) is 1.06. The maximum absolute atomic E-state index is 11.8. The molecule has 0 aromatic carbocycles. The molecule has 0 radical (unpaired) electrons. The van der Waals surface area contributed by atoms with Crippen LogP contribution in [0, 0.1) is 0 Å². The Labute approximate surface area is 105 Å². The highest BCUT2D eigenvalue weighted by Crippen LogP contribution is 2.15. The molecule has 0 fully saturated rings. The second-order valence-corrected chi connectivity index (χ2v) is 3.43. The van der Waals surface area contributed by atoms with E-state index in [1.807, 2.05) is 5.32 Å². The summed E-state index contributed by atoms with van der Waals surface area (Å²) in [7, 11) is 0. The van der Waals surface area contributed by atoms with Crippen molar-refractivity contribution in [3.05, 3.63) is 24.0 Å². The molecule has 0 aliphatic heterocycles. The van der Waals surface area contributed by atoms with E-state index in [9.17, 15) is 22.8 Å². The van der Waals surface area contributed by atoms with Gasteiger partial charge in [-0.2, -0.15) is 13.2 Å². The quantitative estimate of drug-likeness (QED) is 0.877. The van der Waals surface area contributed by atoms with E-state index in [2.05, 4.69) is 9.72 Å². The van der Waals surface area contributed by atoms with Gasteiger partial charge < -0.3 is 9.84 Å². The molecule has 0 atom stereocenters. The van der Waals surface area contributed by atoms with Crippen LogP contribution in [0.4, 0.5) is 23.7 Å². The summed E-state index contributed by atoms with van der Waals surface area (Å²) in [6, 6.07) is 2.63. The van der Waals surface area contributed by atoms with Crippen molar-refractivity contribution in [1.29, 1.82) is 0 Å². The average molecular weight is 278 g/mol. The van der Waals surface area contributed by atoms with Crippen LogP contribution in [-0.2, 0) is 16.0 Å². The zero-order valence-electron chi connectivity index (χ0n) is 9.40. The number of carbonyl (C=O) groups excluding carboxylic acids is 1. The van der Waals surface area contributed by atoms with Crippen molar-refractivity contribution in [3.8, 4) is 0 Å². The third-order valence-corrected chi connectivity index (χ3v) is 1.77. The summed E-state index contributed by atoms with van der Waals surface area (Å²) >= 11 is 0. The molecule has 1 aromatic heterocycles. The van der Waals surface area contributed by atoms with Gasteiger partial charge in [-0.1, -0.05) is 0 Å². The topological polar surface area (TPSA) is 88.5 Å². The van der Waals surface area contributed by atoms with Gasteiger partial charge in [0.1, 0.15) is 0 Å². The van der Waals surface area contributed by atoms with E-state index in [0.29, 0.717) is 0 Å². The van der Waals surface area contributed by atoms with E-state index in [-0.39, 0.29) is 17.8 Å². The number of hydrogen-bond acceptors (Lipinski definition) is 4. The smallest absolute Gasteiger partial charge is 0.422 e. The van der Waals surface area contributed by atoms with E-state index in [1.54, 1.807) is 0 Å². The number of rotatable bonds is 4. The minimum atomic E-state index is -4.60. The molecular formula is C10H9F3N2O4. The third-order valence-electron chi connectivity index (χ3n) is 1.77. The van der Waals surface area contributed by atoms with E-state index in [0.717, 1.165) is 6.20 Å². The first-order valence-electron chi connectivity index (χ1n) is 4.93. The van der Waals surface area contributed by atoms with Gasteiger partial charge in [0.05, 0.1) is 24.0 Å². The summed E-state index contributed by atoms with van der Waals surface area (Å²) in [6.45, 7) is -1.69. The first kappa shape index (κ1) is 14.7. The van der Waals surface area contributed by atoms with Crippen molar-refractivity contribution in [2.45, 2.75) is 12.6 Å². The second-order valence-electron chi connectivity index (χ2n) is 3.43. The standard InChI is InChI=1S/C10H9F3N2O4/c11-10(12,13)5-19-9(18)15-7-2-1-6(14-4-7)3-8(16)17/h1-2,4H,3,5H2,(H,15,18)(H,16,17). The van der Waals surface area contributed by atoms with Crippen LogP contribution in [0.1, 0.15) is 5.69 Å². The van der Waals surface area contributed by atoms with Gasteiger partial charge in [-0.05, 0) is 12.1 Å². The number of aliphatic carboxylic acids is 1. The summed E-state index contributed by atoms with van der Waals surface area (Å²) < 4.78 is 39.2. The number of nitrogens with one attached hydrogen (secondary N) is 1. The molecule has 2 N–H and O–H groups in total. The Bertz CT molecular complexity index is 459. The first-order chi connectivity index (χ1) is 8.76. The summed E-state index contributed by atoms with van der Waals surface area (Å²) in [5, 5.41) is 10.5. The summed E-state index contributed by atoms with van der Waals surface area (Å²) in [5.74, 6) is -1.07. The molecule has 0 aliphatic rings. The lowest BCUT2D eigenvalue weighted by Gasteiger charge is -2.09. The van der Waals surface area contributed by atoms with Crippen molar-refractivity contribution in [2.24, 2.45) is 0 Å². The van der Waals surface area contributed by atoms with Crippen LogP contribution in [0.15, 0.2) is 18.3 Å². The number of carbonyl (C=O) groups is 2. The maximum Gasteiger partial charge on any atom is 0.422 e. The van der Waals surface area contributed by atoms with E-state index in [1.165, 1.54) is 12.1 Å². The monoisotopic (exact) mass is 278 g/mol. The van der Waals surface area contributed by atoms with Gasteiger partial charge in [-0.15, -0.1) is 0 Å². The average Bonchev–Trinajstić information content (AvgIpc) is 2.28. The highest BCUT2D eigenvalue weighted by atomic mass is 19.4. The van der Waals surface area contributed by atoms with Crippen molar-refractivity contribution in [2.75, 3.05) is 11.9 Å². The predicted molar refractivity (Wildman–Crippen MR) is 56.6 cm³/mol. The second kappa shape index (κ2) is 6.03. The largest absolute Gasteiger partial charge is 0.481 e. The summed E-state index contributed by atoms with van der Waals surface area (Å²) in [4.78, 5) is 25.0. The molecule has 0 spiro atoms. The zero-order chi connectivity index (χ0) is 14.5. The van der Waals surface area contributed by atoms with E-state index in [4.69, 9.17) is 5.11 Å². The Kier molecular flexibility index (Phi) is 4.67. The minimum absolute atomic E-state index is 0.0984. The van der Waals surface area contributed by atoms with Gasteiger partial charge in [-0.3, -0.25) is 15.1 Å². The van der Waals surface area contributed by atoms with Crippen molar-refractivity contribution in [3.63, 3.8) is 0 Å². The number of halogens is 3. The van der Waals surface area contributed by atoms with Crippen molar-refractivity contribution >= 4 is 17.7 Å². The Hall–Kier alpha value is -2.32. The Morgan fingerprint density at radius 3 is 2.53 bits per heavy atom. The Morgan fingerprint density at radius 2 is 2.05 bits per heavy atom. The van der Waals surface area contributed by atoms with E-state index >= 15 is 0 Å². The Morgan fingerprint density at radius 1 is 1.37 bits per heavy atom. The molecule has 0 unspecified atom stereocenters. The minimum Gasteiger partial charge on any atom is -0.481 e. The van der Waals surface area contributed by atoms with Crippen molar-refractivity contribution in [1.82, 2.24) is 4.98 Å². The molecule has 0 saturated heterocycles. The normalized spacial score (nSPS) is 10.9. The number of alkyl halides is 3. The van der Waals surface area contributed by atoms with Gasteiger partial charge >= 0.3 is 18.2 Å². The lowest BCUT2D eigenvalue weighted by atomic mass is 10.2. The number of anilines is 1. The van der Waals surface area contributed by atoms with Crippen LogP contribution < -0.4 is 5.32 Å². The molecule has 1 amide bonds. The zero-order valence-corrected chi connectivity index (χ0v) is 9.40. The lowest BCUT2D eigenvalue weighted by molar-refractivity contribution is -0.159. The number of hydrogen-bond donors (Lipinski definition) is 2. The maximum atomic E-state index is 11.8. The molecule has 9 heteroatoms. The van der Waals surface area contributed by atoms with E-state index < -0.39 is 24.8 Å². The summed E-state index contributed by atoms with van der Waals surface area (Å²) in [6.07, 6.45) is -5.04. The van der Waals surface area contributed by atoms with Gasteiger partial charge in [0.15, 0.2) is 6.61 Å². The van der Waals surface area contributed by atoms with Gasteiger partial charge in [0.25, 0.3) is 0 Å². The molecule has 104 valence electrons. The molecule has 0 saturated carbocycles. The number of ether oxygens (including phenoxy) is 1. The van der Waals surface area contributed by atoms with Crippen LogP contribution in [0.25, 0.3) is 0 Å². The van der Waals surface area contributed by atoms with Crippen LogP contribution in [-0.4, -0.2) is 34.9 Å². The number of aromatic nitrogens is 1. The van der Waals surface area contributed by atoms with Crippen molar-refractivity contribution < 1.29 is 32.6 Å². The highest BCUT2D eigenvalue weighted by molar-refractivity contribution is 5.84. The fourth-order valence-corrected chi connectivity index (χ4v) is 1.06.